The first-order valence-corrected chi connectivity index (χ1v) is 2.77. The highest BCUT2D eigenvalue weighted by Crippen LogP contribution is 1.78. The number of methoxy groups -OCH3 is 1. The van der Waals surface area contributed by atoms with E-state index in [9.17, 15) is 4.79 Å². The van der Waals surface area contributed by atoms with E-state index in [-0.39, 0.29) is 12.4 Å². The Labute approximate surface area is 60.6 Å². The van der Waals surface area contributed by atoms with Crippen LogP contribution in [-0.4, -0.2) is 13.1 Å². The van der Waals surface area contributed by atoms with E-state index in [2.05, 4.69) is 28.4 Å². The first-order valence-electron chi connectivity index (χ1n) is 2.77. The maximum absolute atomic E-state index is 10.4. The molecule has 0 aliphatic heterocycles. The summed E-state index contributed by atoms with van der Waals surface area (Å²) in [6.07, 6.45) is 0.116. The smallest absolute Gasteiger partial charge is 0.317 e. The van der Waals surface area contributed by atoms with Gasteiger partial charge in [0.25, 0.3) is 0 Å². The third kappa shape index (κ3) is 4.74. The first-order chi connectivity index (χ1) is 4.81. The van der Waals surface area contributed by atoms with Crippen molar-refractivity contribution < 1.29 is 9.53 Å². The predicted molar refractivity (Wildman–Crippen MR) is 37.9 cm³/mol. The van der Waals surface area contributed by atoms with Crippen LogP contribution < -0.4 is 0 Å². The van der Waals surface area contributed by atoms with Crippen LogP contribution in [0.25, 0.3) is 0 Å². The Morgan fingerprint density at radius 3 is 2.70 bits per heavy atom. The minimum Gasteiger partial charge on any atom is -0.468 e. The summed E-state index contributed by atoms with van der Waals surface area (Å²) in [6, 6.07) is 0. The van der Waals surface area contributed by atoms with Crippen molar-refractivity contribution in [2.75, 3.05) is 7.11 Å². The van der Waals surface area contributed by atoms with E-state index in [0.717, 1.165) is 0 Å². The van der Waals surface area contributed by atoms with Crippen LogP contribution in [-0.2, 0) is 9.53 Å². The topological polar surface area (TPSA) is 26.3 Å². The van der Waals surface area contributed by atoms with Gasteiger partial charge >= 0.3 is 5.97 Å². The Balaban J connectivity index is 3.62. The van der Waals surface area contributed by atoms with Gasteiger partial charge in [-0.25, -0.2) is 0 Å². The van der Waals surface area contributed by atoms with E-state index in [4.69, 9.17) is 0 Å². The molecule has 0 aliphatic carbocycles. The zero-order valence-corrected chi connectivity index (χ0v) is 6.02. The second-order valence-corrected chi connectivity index (χ2v) is 1.43. The molecular weight excluding hydrogens is 128 g/mol. The zero-order chi connectivity index (χ0) is 7.82. The summed E-state index contributed by atoms with van der Waals surface area (Å²) in [5.41, 5.74) is 0. The Morgan fingerprint density at radius 1 is 1.50 bits per heavy atom. The van der Waals surface area contributed by atoms with Crippen molar-refractivity contribution in [1.29, 1.82) is 0 Å². The molecule has 10 heavy (non-hydrogen) atoms. The van der Waals surface area contributed by atoms with Crippen molar-refractivity contribution in [2.24, 2.45) is 0 Å². The summed E-state index contributed by atoms with van der Waals surface area (Å²) < 4.78 is 4.34. The molecule has 0 amide bonds. The highest BCUT2D eigenvalue weighted by atomic mass is 16.5. The van der Waals surface area contributed by atoms with Crippen LogP contribution in [0.5, 0.6) is 0 Å². The number of rotatable bonds is 1. The summed E-state index contributed by atoms with van der Waals surface area (Å²) in [5, 5.41) is 0. The molecule has 0 saturated heterocycles. The highest BCUT2D eigenvalue weighted by Gasteiger charge is 1.91. The maximum atomic E-state index is 10.4. The zero-order valence-electron chi connectivity index (χ0n) is 6.02. The minimum absolute atomic E-state index is 0.116. The van der Waals surface area contributed by atoms with Gasteiger partial charge in [0.15, 0.2) is 0 Å². The monoisotopic (exact) mass is 136 g/mol. The molecule has 0 spiro atoms. The third-order valence-electron chi connectivity index (χ3n) is 0.736. The van der Waals surface area contributed by atoms with Gasteiger partial charge in [-0.3, -0.25) is 4.79 Å². The van der Waals surface area contributed by atoms with Crippen LogP contribution in [0.1, 0.15) is 13.3 Å². The molecule has 0 saturated carbocycles. The van der Waals surface area contributed by atoms with Crippen LogP contribution in [0.2, 0.25) is 0 Å². The SMILES string of the molecule is CC#CC#CCC(=O)OC. The van der Waals surface area contributed by atoms with Crippen molar-refractivity contribution in [3.05, 3.63) is 0 Å². The fourth-order valence-electron chi connectivity index (χ4n) is 0.295. The molecule has 0 aliphatic rings. The number of esters is 1. The van der Waals surface area contributed by atoms with Gasteiger partial charge in [-0.2, -0.15) is 0 Å². The molecular formula is C8H8O2. The quantitative estimate of drug-likeness (QED) is 0.389. The number of ether oxygens (including phenoxy) is 1. The van der Waals surface area contributed by atoms with Gasteiger partial charge in [-0.05, 0) is 18.8 Å². The van der Waals surface area contributed by atoms with E-state index in [0.29, 0.717) is 0 Å². The van der Waals surface area contributed by atoms with Gasteiger partial charge in [0.05, 0.1) is 7.11 Å². The first kappa shape index (κ1) is 8.59. The fourth-order valence-corrected chi connectivity index (χ4v) is 0.295. The lowest BCUT2D eigenvalue weighted by molar-refractivity contribution is -0.139. The van der Waals surface area contributed by atoms with E-state index in [1.807, 2.05) is 0 Å². The maximum Gasteiger partial charge on any atom is 0.317 e. The van der Waals surface area contributed by atoms with Crippen molar-refractivity contribution in [2.45, 2.75) is 13.3 Å². The highest BCUT2D eigenvalue weighted by molar-refractivity contribution is 5.72. The average molecular weight is 136 g/mol. The van der Waals surface area contributed by atoms with Gasteiger partial charge in [0.2, 0.25) is 0 Å². The third-order valence-corrected chi connectivity index (χ3v) is 0.736. The lowest BCUT2D eigenvalue weighted by Gasteiger charge is -1.87. The Kier molecular flexibility index (Phi) is 4.91. The van der Waals surface area contributed by atoms with E-state index < -0.39 is 0 Å². The standard InChI is InChI=1S/C8H8O2/c1-3-4-5-6-7-8(9)10-2/h7H2,1-2H3. The minimum atomic E-state index is -0.328. The molecule has 0 bridgehead atoms. The van der Waals surface area contributed by atoms with Crippen molar-refractivity contribution in [3.63, 3.8) is 0 Å². The second kappa shape index (κ2) is 5.72. The van der Waals surface area contributed by atoms with Crippen LogP contribution >= 0.6 is 0 Å². The van der Waals surface area contributed by atoms with Crippen molar-refractivity contribution in [1.82, 2.24) is 0 Å². The largest absolute Gasteiger partial charge is 0.468 e. The fraction of sp³-hybridized carbons (Fsp3) is 0.375. The summed E-state index contributed by atoms with van der Waals surface area (Å²) in [6.45, 7) is 1.69. The number of hydrogen-bond donors (Lipinski definition) is 0. The molecule has 0 heterocycles. The molecule has 0 aromatic rings. The molecule has 0 N–H and O–H groups in total. The lowest BCUT2D eigenvalue weighted by atomic mass is 10.4. The van der Waals surface area contributed by atoms with Gasteiger partial charge in [-0.1, -0.05) is 11.8 Å². The molecule has 0 aromatic carbocycles. The van der Waals surface area contributed by atoms with Gasteiger partial charge in [-0.15, -0.1) is 0 Å². The van der Waals surface area contributed by atoms with E-state index in [1.54, 1.807) is 6.92 Å². The van der Waals surface area contributed by atoms with Crippen LogP contribution in [0.3, 0.4) is 0 Å². The molecule has 0 unspecified atom stereocenters. The summed E-state index contributed by atoms with van der Waals surface area (Å²) in [4.78, 5) is 10.4. The van der Waals surface area contributed by atoms with Gasteiger partial charge in [0, 0.05) is 0 Å². The molecule has 0 aromatic heterocycles. The summed E-state index contributed by atoms with van der Waals surface area (Å²) >= 11 is 0. The molecule has 0 radical (unpaired) electrons. The lowest BCUT2D eigenvalue weighted by Crippen LogP contribution is -1.96. The van der Waals surface area contributed by atoms with Crippen molar-refractivity contribution >= 4 is 5.97 Å². The molecule has 2 nitrogen and oxygen atoms in total. The van der Waals surface area contributed by atoms with E-state index in [1.165, 1.54) is 7.11 Å². The van der Waals surface area contributed by atoms with Crippen LogP contribution in [0.4, 0.5) is 0 Å². The molecule has 52 valence electrons. The summed E-state index contributed by atoms with van der Waals surface area (Å²) in [5.74, 6) is 9.79. The molecule has 2 heteroatoms. The summed E-state index contributed by atoms with van der Waals surface area (Å²) in [7, 11) is 1.33. The number of carbonyl (C=O) groups excluding carboxylic acids is 1. The average Bonchev–Trinajstić information content (AvgIpc) is 1.98. The number of hydrogen-bond acceptors (Lipinski definition) is 2. The van der Waals surface area contributed by atoms with Crippen LogP contribution in [0.15, 0.2) is 0 Å². The van der Waals surface area contributed by atoms with Crippen LogP contribution in [0, 0.1) is 23.7 Å². The van der Waals surface area contributed by atoms with Crippen molar-refractivity contribution in [3.8, 4) is 23.7 Å². The Bertz CT molecular complexity index is 219. The van der Waals surface area contributed by atoms with Gasteiger partial charge in [0.1, 0.15) is 6.42 Å². The normalized spacial score (nSPS) is 6.20. The Morgan fingerprint density at radius 2 is 2.20 bits per heavy atom. The Hall–Kier alpha value is -1.41. The molecule has 0 rings (SSSR count). The predicted octanol–water partition coefficient (Wildman–Crippen LogP) is 0.576. The molecule has 0 atom stereocenters. The number of carbonyl (C=O) groups is 1. The second-order valence-electron chi connectivity index (χ2n) is 1.43. The van der Waals surface area contributed by atoms with Gasteiger partial charge < -0.3 is 4.74 Å². The molecule has 0 fully saturated rings. The van der Waals surface area contributed by atoms with E-state index >= 15 is 0 Å².